The number of rotatable bonds is 3. The minimum atomic E-state index is -0.682. The first-order valence-electron chi connectivity index (χ1n) is 5.59. The zero-order valence-corrected chi connectivity index (χ0v) is 14.0. The highest BCUT2D eigenvalue weighted by Gasteiger charge is 2.18. The molecule has 0 saturated carbocycles. The van der Waals surface area contributed by atoms with E-state index in [4.69, 9.17) is 0 Å². The Kier molecular flexibility index (Phi) is 4.88. The number of nitro benzene ring substituents is 1. The van der Waals surface area contributed by atoms with Gasteiger partial charge in [0.2, 0.25) is 0 Å². The van der Waals surface area contributed by atoms with Crippen molar-refractivity contribution in [3.8, 4) is 0 Å². The van der Waals surface area contributed by atoms with E-state index in [9.17, 15) is 19.3 Å². The summed E-state index contributed by atoms with van der Waals surface area (Å²) in [5.41, 5.74) is -0.247. The second kappa shape index (κ2) is 6.48. The number of nitro groups is 1. The quantitative estimate of drug-likeness (QED) is 0.417. The second-order valence-electron chi connectivity index (χ2n) is 4.00. The molecule has 8 heteroatoms. The molecule has 1 N–H and O–H groups in total. The predicted molar refractivity (Wildman–Crippen MR) is 87.9 cm³/mol. The number of benzene rings is 2. The molecule has 0 heterocycles. The van der Waals surface area contributed by atoms with E-state index in [2.05, 4.69) is 21.2 Å². The lowest BCUT2D eigenvalue weighted by Gasteiger charge is -2.08. The van der Waals surface area contributed by atoms with Gasteiger partial charge in [0.15, 0.2) is 0 Å². The Morgan fingerprint density at radius 1 is 1.29 bits per heavy atom. The highest BCUT2D eigenvalue weighted by atomic mass is 127. The van der Waals surface area contributed by atoms with E-state index in [1.165, 1.54) is 0 Å². The van der Waals surface area contributed by atoms with Crippen molar-refractivity contribution >= 4 is 55.8 Å². The number of carbonyl (C=O) groups excluding carboxylic acids is 1. The van der Waals surface area contributed by atoms with Crippen molar-refractivity contribution in [1.29, 1.82) is 0 Å². The van der Waals surface area contributed by atoms with E-state index in [0.717, 1.165) is 21.8 Å². The summed E-state index contributed by atoms with van der Waals surface area (Å²) in [5, 5.41) is 13.3. The van der Waals surface area contributed by atoms with Gasteiger partial charge in [-0.3, -0.25) is 14.9 Å². The fraction of sp³-hybridized carbons (Fsp3) is 0. The Labute approximate surface area is 141 Å². The van der Waals surface area contributed by atoms with Gasteiger partial charge in [0, 0.05) is 20.2 Å². The summed E-state index contributed by atoms with van der Waals surface area (Å²) in [4.78, 5) is 22.4. The molecule has 0 spiro atoms. The van der Waals surface area contributed by atoms with Gasteiger partial charge in [-0.1, -0.05) is 0 Å². The van der Waals surface area contributed by atoms with Crippen LogP contribution in [0.15, 0.2) is 40.9 Å². The minimum Gasteiger partial charge on any atom is -0.316 e. The third kappa shape index (κ3) is 3.76. The van der Waals surface area contributed by atoms with Crippen LogP contribution in [0.4, 0.5) is 15.8 Å². The van der Waals surface area contributed by atoms with Gasteiger partial charge in [0.25, 0.3) is 11.6 Å². The number of halogens is 3. The van der Waals surface area contributed by atoms with Crippen LogP contribution in [0.2, 0.25) is 0 Å². The maximum Gasteiger partial charge on any atom is 0.292 e. The summed E-state index contributed by atoms with van der Waals surface area (Å²) < 4.78 is 14.6. The molecule has 0 radical (unpaired) electrons. The molecule has 2 rings (SSSR count). The highest BCUT2D eigenvalue weighted by molar-refractivity contribution is 14.1. The first-order chi connectivity index (χ1) is 9.88. The summed E-state index contributed by atoms with van der Waals surface area (Å²) in [6.45, 7) is 0. The van der Waals surface area contributed by atoms with Gasteiger partial charge in [-0.25, -0.2) is 4.39 Å². The van der Waals surface area contributed by atoms with Crippen LogP contribution < -0.4 is 5.32 Å². The molecule has 21 heavy (non-hydrogen) atoms. The zero-order chi connectivity index (χ0) is 15.6. The minimum absolute atomic E-state index is 0.184. The predicted octanol–water partition coefficient (Wildman–Crippen LogP) is 4.35. The molecule has 0 aliphatic heterocycles. The monoisotopic (exact) mass is 464 g/mol. The standard InChI is InChI=1S/C13H7BrFIN2O3/c14-10-3-2-8(16)6-9(10)13(19)17-11-5-7(15)1-4-12(11)18(20)21/h1-6H,(H,17,19). The molecule has 5 nitrogen and oxygen atoms in total. The van der Waals surface area contributed by atoms with Gasteiger partial charge in [0.05, 0.1) is 10.5 Å². The average Bonchev–Trinajstić information content (AvgIpc) is 2.41. The lowest BCUT2D eigenvalue weighted by molar-refractivity contribution is -0.384. The molecule has 0 atom stereocenters. The molecular formula is C13H7BrFIN2O3. The summed E-state index contributed by atoms with van der Waals surface area (Å²) >= 11 is 5.27. The summed E-state index contributed by atoms with van der Waals surface area (Å²) in [6.07, 6.45) is 0. The lowest BCUT2D eigenvalue weighted by atomic mass is 10.2. The first kappa shape index (κ1) is 15.8. The normalized spacial score (nSPS) is 10.2. The lowest BCUT2D eigenvalue weighted by Crippen LogP contribution is -2.14. The van der Waals surface area contributed by atoms with Crippen molar-refractivity contribution in [2.45, 2.75) is 0 Å². The van der Waals surface area contributed by atoms with E-state index in [0.29, 0.717) is 10.0 Å². The Hall–Kier alpha value is -1.55. The molecular weight excluding hydrogens is 458 g/mol. The molecule has 0 fully saturated rings. The molecule has 0 unspecified atom stereocenters. The van der Waals surface area contributed by atoms with Crippen LogP contribution in [-0.4, -0.2) is 10.8 Å². The van der Waals surface area contributed by atoms with Crippen LogP contribution in [0, 0.1) is 19.5 Å². The van der Waals surface area contributed by atoms with Crippen LogP contribution in [0.3, 0.4) is 0 Å². The topological polar surface area (TPSA) is 72.2 Å². The smallest absolute Gasteiger partial charge is 0.292 e. The maximum absolute atomic E-state index is 13.2. The van der Waals surface area contributed by atoms with E-state index in [1.807, 2.05) is 22.6 Å². The van der Waals surface area contributed by atoms with Crippen LogP contribution in [0.5, 0.6) is 0 Å². The molecule has 0 aromatic heterocycles. The molecule has 0 aliphatic carbocycles. The molecule has 108 valence electrons. The molecule has 0 aliphatic rings. The fourth-order valence-electron chi connectivity index (χ4n) is 1.63. The number of hydrogen-bond acceptors (Lipinski definition) is 3. The van der Waals surface area contributed by atoms with Crippen LogP contribution in [0.25, 0.3) is 0 Å². The van der Waals surface area contributed by atoms with Crippen LogP contribution >= 0.6 is 38.5 Å². The third-order valence-corrected chi connectivity index (χ3v) is 3.94. The van der Waals surface area contributed by atoms with Gasteiger partial charge in [-0.05, 0) is 62.8 Å². The SMILES string of the molecule is O=C(Nc1cc(F)ccc1[N+](=O)[O-])c1cc(I)ccc1Br. The van der Waals surface area contributed by atoms with Crippen molar-refractivity contribution < 1.29 is 14.1 Å². The molecule has 2 aromatic rings. The van der Waals surface area contributed by atoms with Gasteiger partial charge in [0.1, 0.15) is 11.5 Å². The summed E-state index contributed by atoms with van der Waals surface area (Å²) in [6, 6.07) is 8.00. The second-order valence-corrected chi connectivity index (χ2v) is 6.10. The Balaban J connectivity index is 2.38. The number of hydrogen-bond donors (Lipinski definition) is 1. The number of amides is 1. The Morgan fingerprint density at radius 2 is 2.00 bits per heavy atom. The molecule has 2 aromatic carbocycles. The van der Waals surface area contributed by atoms with Crippen molar-refractivity contribution in [3.63, 3.8) is 0 Å². The summed E-state index contributed by atoms with van der Waals surface area (Å²) in [7, 11) is 0. The van der Waals surface area contributed by atoms with Crippen molar-refractivity contribution in [3.05, 3.63) is 65.9 Å². The van der Waals surface area contributed by atoms with Gasteiger partial charge in [-0.2, -0.15) is 0 Å². The fourth-order valence-corrected chi connectivity index (χ4v) is 2.55. The number of nitrogens with zero attached hydrogens (tertiary/aromatic N) is 1. The van der Waals surface area contributed by atoms with E-state index >= 15 is 0 Å². The highest BCUT2D eigenvalue weighted by Crippen LogP contribution is 2.27. The van der Waals surface area contributed by atoms with Crippen molar-refractivity contribution in [1.82, 2.24) is 0 Å². The third-order valence-electron chi connectivity index (χ3n) is 2.58. The van der Waals surface area contributed by atoms with Crippen molar-refractivity contribution in [2.75, 3.05) is 5.32 Å². The van der Waals surface area contributed by atoms with Gasteiger partial charge in [-0.15, -0.1) is 0 Å². The number of anilines is 1. The first-order valence-corrected chi connectivity index (χ1v) is 7.46. The maximum atomic E-state index is 13.2. The van der Waals surface area contributed by atoms with E-state index in [1.54, 1.807) is 18.2 Å². The van der Waals surface area contributed by atoms with Gasteiger partial charge >= 0.3 is 0 Å². The van der Waals surface area contributed by atoms with Crippen LogP contribution in [0.1, 0.15) is 10.4 Å². The zero-order valence-electron chi connectivity index (χ0n) is 10.3. The van der Waals surface area contributed by atoms with Crippen LogP contribution in [-0.2, 0) is 0 Å². The number of nitrogens with one attached hydrogen (secondary N) is 1. The molecule has 0 bridgehead atoms. The average molecular weight is 465 g/mol. The Morgan fingerprint density at radius 3 is 2.67 bits per heavy atom. The molecule has 1 amide bonds. The number of carbonyl (C=O) groups is 1. The van der Waals surface area contributed by atoms with Gasteiger partial charge < -0.3 is 5.32 Å². The van der Waals surface area contributed by atoms with Crippen molar-refractivity contribution in [2.24, 2.45) is 0 Å². The largest absolute Gasteiger partial charge is 0.316 e. The summed E-state index contributed by atoms with van der Waals surface area (Å²) in [5.74, 6) is -1.23. The van der Waals surface area contributed by atoms with E-state index < -0.39 is 16.6 Å². The van der Waals surface area contributed by atoms with E-state index in [-0.39, 0.29) is 11.4 Å². The Bertz CT molecular complexity index is 739. The molecule has 0 saturated heterocycles.